The summed E-state index contributed by atoms with van der Waals surface area (Å²) >= 11 is 0. The number of halogens is 1. The number of aliphatic imine (C=N–C) groups is 1. The smallest absolute Gasteiger partial charge is 0.253 e. The van der Waals surface area contributed by atoms with Crippen LogP contribution in [0.1, 0.15) is 62.4 Å². The number of carbonyl (C=O) groups excluding carboxylic acids is 1. The van der Waals surface area contributed by atoms with Crippen molar-refractivity contribution in [2.45, 2.75) is 53.0 Å². The molecule has 1 aromatic rings. The first-order valence-electron chi connectivity index (χ1n) is 11.0. The number of benzene rings is 1. The zero-order valence-corrected chi connectivity index (χ0v) is 21.3. The molecule has 6 nitrogen and oxygen atoms in total. The molecule has 2 rings (SSSR count). The van der Waals surface area contributed by atoms with Gasteiger partial charge in [-0.3, -0.25) is 4.79 Å². The van der Waals surface area contributed by atoms with Gasteiger partial charge in [0.05, 0.1) is 6.54 Å². The number of hydrogen-bond acceptors (Lipinski definition) is 3. The predicted octanol–water partition coefficient (Wildman–Crippen LogP) is 4.05. The minimum absolute atomic E-state index is 0. The quantitative estimate of drug-likeness (QED) is 0.258. The van der Waals surface area contributed by atoms with E-state index in [9.17, 15) is 4.79 Å². The highest BCUT2D eigenvalue weighted by Crippen LogP contribution is 2.43. The predicted molar refractivity (Wildman–Crippen MR) is 135 cm³/mol. The first-order valence-corrected chi connectivity index (χ1v) is 11.0. The van der Waals surface area contributed by atoms with Crippen LogP contribution >= 0.6 is 24.0 Å². The first-order chi connectivity index (χ1) is 14.1. The maximum atomic E-state index is 12.4. The summed E-state index contributed by atoms with van der Waals surface area (Å²) in [4.78, 5) is 19.0. The fourth-order valence-corrected chi connectivity index (χ4v) is 3.74. The molecule has 0 atom stereocenters. The highest BCUT2D eigenvalue weighted by Gasteiger charge is 2.36. The SMILES string of the molecule is CCNC(=NCc1ccc(C(=O)N(CC)CC)cc1)NCC1(CCOC)CCC1.I. The van der Waals surface area contributed by atoms with Gasteiger partial charge in [0.2, 0.25) is 0 Å². The van der Waals surface area contributed by atoms with Crippen LogP contribution in [0.5, 0.6) is 0 Å². The van der Waals surface area contributed by atoms with Gasteiger partial charge in [0.1, 0.15) is 0 Å². The van der Waals surface area contributed by atoms with E-state index in [1.165, 1.54) is 19.3 Å². The summed E-state index contributed by atoms with van der Waals surface area (Å²) in [6.45, 7) is 10.7. The van der Waals surface area contributed by atoms with Crippen LogP contribution in [0.2, 0.25) is 0 Å². The molecule has 170 valence electrons. The van der Waals surface area contributed by atoms with Crippen molar-refractivity contribution >= 4 is 35.8 Å². The lowest BCUT2D eigenvalue weighted by molar-refractivity contribution is 0.0732. The fourth-order valence-electron chi connectivity index (χ4n) is 3.74. The van der Waals surface area contributed by atoms with Crippen LogP contribution in [-0.4, -0.2) is 56.7 Å². The van der Waals surface area contributed by atoms with Gasteiger partial charge in [-0.1, -0.05) is 18.6 Å². The Morgan fingerprint density at radius 1 is 1.13 bits per heavy atom. The molecule has 0 bridgehead atoms. The topological polar surface area (TPSA) is 66.0 Å². The molecule has 0 aliphatic heterocycles. The van der Waals surface area contributed by atoms with Gasteiger partial charge in [0.15, 0.2) is 5.96 Å². The first kappa shape index (κ1) is 26.7. The van der Waals surface area contributed by atoms with E-state index >= 15 is 0 Å². The average molecular weight is 530 g/mol. The third kappa shape index (κ3) is 7.72. The third-order valence-corrected chi connectivity index (χ3v) is 5.90. The zero-order chi connectivity index (χ0) is 21.1. The standard InChI is InChI=1S/C23H38N4O2.HI/c1-5-24-22(26-18-23(13-8-14-23)15-16-29-4)25-17-19-9-11-20(12-10-19)21(28)27(6-2)7-3;/h9-12H,5-8,13-18H2,1-4H3,(H2,24,25,26);1H. The second-order valence-electron chi connectivity index (χ2n) is 7.82. The van der Waals surface area contributed by atoms with Crippen molar-refractivity contribution in [2.75, 3.05) is 39.9 Å². The molecule has 0 unspecified atom stereocenters. The molecular weight excluding hydrogens is 491 g/mol. The molecule has 0 radical (unpaired) electrons. The Balaban J connectivity index is 0.00000450. The molecule has 0 spiro atoms. The number of ether oxygens (including phenoxy) is 1. The van der Waals surface area contributed by atoms with Crippen LogP contribution in [0.3, 0.4) is 0 Å². The zero-order valence-electron chi connectivity index (χ0n) is 19.0. The number of carbonyl (C=O) groups is 1. The van der Waals surface area contributed by atoms with Crippen LogP contribution in [0.15, 0.2) is 29.3 Å². The van der Waals surface area contributed by atoms with Gasteiger partial charge in [-0.15, -0.1) is 24.0 Å². The Bertz CT molecular complexity index is 656. The number of nitrogens with zero attached hydrogens (tertiary/aromatic N) is 2. The number of amides is 1. The Kier molecular flexibility index (Phi) is 12.3. The molecule has 1 fully saturated rings. The summed E-state index contributed by atoms with van der Waals surface area (Å²) in [6.07, 6.45) is 4.91. The van der Waals surface area contributed by atoms with E-state index in [-0.39, 0.29) is 29.9 Å². The fraction of sp³-hybridized carbons (Fsp3) is 0.652. The summed E-state index contributed by atoms with van der Waals surface area (Å²) in [6, 6.07) is 7.80. The summed E-state index contributed by atoms with van der Waals surface area (Å²) in [5, 5.41) is 6.86. The molecule has 7 heteroatoms. The molecule has 1 aliphatic carbocycles. The van der Waals surface area contributed by atoms with E-state index in [1.54, 1.807) is 7.11 Å². The molecule has 2 N–H and O–H groups in total. The van der Waals surface area contributed by atoms with E-state index in [1.807, 2.05) is 43.0 Å². The van der Waals surface area contributed by atoms with Crippen LogP contribution in [-0.2, 0) is 11.3 Å². The average Bonchev–Trinajstić information content (AvgIpc) is 2.72. The Labute approximate surface area is 199 Å². The van der Waals surface area contributed by atoms with E-state index in [0.29, 0.717) is 12.0 Å². The highest BCUT2D eigenvalue weighted by molar-refractivity contribution is 14.0. The molecule has 0 heterocycles. The number of nitrogens with one attached hydrogen (secondary N) is 2. The summed E-state index contributed by atoms with van der Waals surface area (Å²) in [7, 11) is 1.77. The molecule has 0 saturated heterocycles. The van der Waals surface area contributed by atoms with Crippen molar-refractivity contribution < 1.29 is 9.53 Å². The second kappa shape index (κ2) is 13.9. The maximum Gasteiger partial charge on any atom is 0.253 e. The minimum Gasteiger partial charge on any atom is -0.385 e. The molecule has 30 heavy (non-hydrogen) atoms. The van der Waals surface area contributed by atoms with Crippen LogP contribution in [0.25, 0.3) is 0 Å². The number of hydrogen-bond donors (Lipinski definition) is 2. The number of methoxy groups -OCH3 is 1. The van der Waals surface area contributed by atoms with Gasteiger partial charge in [0, 0.05) is 45.5 Å². The van der Waals surface area contributed by atoms with Crippen molar-refractivity contribution in [3.8, 4) is 0 Å². The van der Waals surface area contributed by atoms with Gasteiger partial charge in [0.25, 0.3) is 5.91 Å². The number of rotatable bonds is 11. The van der Waals surface area contributed by atoms with Crippen molar-refractivity contribution in [1.82, 2.24) is 15.5 Å². The Hall–Kier alpha value is -1.35. The molecular formula is C23H39IN4O2. The van der Waals surface area contributed by atoms with Crippen LogP contribution < -0.4 is 10.6 Å². The van der Waals surface area contributed by atoms with Crippen molar-refractivity contribution in [2.24, 2.45) is 10.4 Å². The summed E-state index contributed by atoms with van der Waals surface area (Å²) in [5.74, 6) is 0.932. The van der Waals surface area contributed by atoms with E-state index in [2.05, 4.69) is 17.6 Å². The minimum atomic E-state index is 0. The van der Waals surface area contributed by atoms with Gasteiger partial charge >= 0.3 is 0 Å². The van der Waals surface area contributed by atoms with E-state index in [0.717, 1.165) is 56.3 Å². The van der Waals surface area contributed by atoms with Gasteiger partial charge in [-0.25, -0.2) is 4.99 Å². The number of guanidine groups is 1. The highest BCUT2D eigenvalue weighted by atomic mass is 127. The van der Waals surface area contributed by atoms with E-state index in [4.69, 9.17) is 9.73 Å². The van der Waals surface area contributed by atoms with Crippen LogP contribution in [0, 0.1) is 5.41 Å². The van der Waals surface area contributed by atoms with Gasteiger partial charge in [-0.2, -0.15) is 0 Å². The molecule has 1 aliphatic rings. The Morgan fingerprint density at radius 2 is 1.80 bits per heavy atom. The third-order valence-electron chi connectivity index (χ3n) is 5.90. The lowest BCUT2D eigenvalue weighted by atomic mass is 9.67. The van der Waals surface area contributed by atoms with Gasteiger partial charge < -0.3 is 20.3 Å². The van der Waals surface area contributed by atoms with Crippen LogP contribution in [0.4, 0.5) is 0 Å². The van der Waals surface area contributed by atoms with Crippen molar-refractivity contribution in [1.29, 1.82) is 0 Å². The van der Waals surface area contributed by atoms with Crippen molar-refractivity contribution in [3.63, 3.8) is 0 Å². The second-order valence-corrected chi connectivity index (χ2v) is 7.82. The molecule has 1 saturated carbocycles. The monoisotopic (exact) mass is 530 g/mol. The Morgan fingerprint density at radius 3 is 2.30 bits per heavy atom. The maximum absolute atomic E-state index is 12.4. The molecule has 1 aromatic carbocycles. The lowest BCUT2D eigenvalue weighted by Gasteiger charge is -2.42. The molecule has 0 aromatic heterocycles. The summed E-state index contributed by atoms with van der Waals surface area (Å²) in [5.41, 5.74) is 2.17. The molecule has 1 amide bonds. The van der Waals surface area contributed by atoms with Crippen molar-refractivity contribution in [3.05, 3.63) is 35.4 Å². The normalized spacial score (nSPS) is 15.0. The van der Waals surface area contributed by atoms with E-state index < -0.39 is 0 Å². The lowest BCUT2D eigenvalue weighted by Crippen LogP contribution is -2.46. The van der Waals surface area contributed by atoms with Gasteiger partial charge in [-0.05, 0) is 63.1 Å². The summed E-state index contributed by atoms with van der Waals surface area (Å²) < 4.78 is 5.29. The largest absolute Gasteiger partial charge is 0.385 e.